The van der Waals surface area contributed by atoms with Crippen molar-refractivity contribution in [1.29, 1.82) is 0 Å². The van der Waals surface area contributed by atoms with E-state index in [1.807, 2.05) is 0 Å². The number of carbonyl (C=O) groups is 4. The molecule has 3 amide bonds. The summed E-state index contributed by atoms with van der Waals surface area (Å²) in [6, 6.07) is -0.895. The summed E-state index contributed by atoms with van der Waals surface area (Å²) in [4.78, 5) is 53.6. The van der Waals surface area contributed by atoms with E-state index in [1.54, 1.807) is 62.3 Å². The molecule has 2 rings (SSSR count). The molecule has 0 spiro atoms. The molecule has 0 aliphatic carbocycles. The predicted molar refractivity (Wildman–Crippen MR) is 123 cm³/mol. The van der Waals surface area contributed by atoms with Crippen LogP contribution in [0, 0.1) is 5.92 Å². The molecular formula is C24H40N2O8. The monoisotopic (exact) mass is 484 g/mol. The summed E-state index contributed by atoms with van der Waals surface area (Å²) in [7, 11) is 0. The van der Waals surface area contributed by atoms with Crippen molar-refractivity contribution >= 4 is 24.1 Å². The van der Waals surface area contributed by atoms with Crippen LogP contribution in [0.25, 0.3) is 0 Å². The molecule has 2 heterocycles. The quantitative estimate of drug-likeness (QED) is 0.413. The summed E-state index contributed by atoms with van der Waals surface area (Å²) < 4.78 is 21.8. The number of amides is 3. The molecule has 2 aliphatic heterocycles. The Morgan fingerprint density at radius 3 is 2.15 bits per heavy atom. The van der Waals surface area contributed by atoms with Crippen LogP contribution in [0.4, 0.5) is 9.59 Å². The van der Waals surface area contributed by atoms with Crippen molar-refractivity contribution in [1.82, 2.24) is 9.80 Å². The van der Waals surface area contributed by atoms with Crippen molar-refractivity contribution < 1.29 is 38.1 Å². The predicted octanol–water partition coefficient (Wildman–Crippen LogP) is 3.85. The Balaban J connectivity index is 2.25. The van der Waals surface area contributed by atoms with E-state index in [4.69, 9.17) is 18.9 Å². The lowest BCUT2D eigenvalue weighted by molar-refractivity contribution is -0.155. The van der Waals surface area contributed by atoms with Gasteiger partial charge in [0, 0.05) is 12.3 Å². The molecule has 0 N–H and O–H groups in total. The number of cyclic esters (lactones) is 1. The van der Waals surface area contributed by atoms with Gasteiger partial charge in [-0.3, -0.25) is 14.5 Å². The highest BCUT2D eigenvalue weighted by atomic mass is 16.6. The maximum atomic E-state index is 13.4. The normalized spacial score (nSPS) is 23.5. The van der Waals surface area contributed by atoms with Crippen LogP contribution < -0.4 is 0 Å². The molecule has 0 aromatic rings. The Kier molecular flexibility index (Phi) is 8.28. The highest BCUT2D eigenvalue weighted by Crippen LogP contribution is 2.34. The molecule has 0 aromatic carbocycles. The summed E-state index contributed by atoms with van der Waals surface area (Å²) in [5.41, 5.74) is -2.30. The summed E-state index contributed by atoms with van der Waals surface area (Å²) in [6.07, 6.45) is -0.905. The second-order valence-electron chi connectivity index (χ2n) is 11.5. The van der Waals surface area contributed by atoms with Crippen molar-refractivity contribution in [2.24, 2.45) is 5.92 Å². The third-order valence-corrected chi connectivity index (χ3v) is 5.51. The van der Waals surface area contributed by atoms with Gasteiger partial charge in [0.15, 0.2) is 0 Å². The number of ether oxygens (including phenoxy) is 4. The van der Waals surface area contributed by atoms with Gasteiger partial charge in [0.25, 0.3) is 0 Å². The van der Waals surface area contributed by atoms with Gasteiger partial charge in [-0.1, -0.05) is 0 Å². The van der Waals surface area contributed by atoms with Crippen LogP contribution in [0.15, 0.2) is 0 Å². The highest BCUT2D eigenvalue weighted by Gasteiger charge is 2.48. The number of nitrogens with zero attached hydrogens (tertiary/aromatic N) is 2. The van der Waals surface area contributed by atoms with Gasteiger partial charge in [-0.25, -0.2) is 14.5 Å². The molecular weight excluding hydrogens is 444 g/mol. The Hall–Kier alpha value is -2.36. The largest absolute Gasteiger partial charge is 0.460 e. The topological polar surface area (TPSA) is 112 Å². The van der Waals surface area contributed by atoms with Crippen LogP contribution in [-0.2, 0) is 28.5 Å². The van der Waals surface area contributed by atoms with Crippen LogP contribution in [0.5, 0.6) is 0 Å². The molecule has 10 nitrogen and oxygen atoms in total. The molecule has 10 heteroatoms. The van der Waals surface area contributed by atoms with Gasteiger partial charge in [-0.05, 0) is 75.2 Å². The standard InChI is InChI=1S/C24H40N2O8/c1-15-13-31-20(29)25(15)19(28)16(10-11-18(27)33-22(2,3)4)12-17-14-32-24(8,9)26(17)21(30)34-23(5,6)7/h15-17H,10-14H2,1-9H3. The molecule has 0 saturated carbocycles. The molecule has 194 valence electrons. The van der Waals surface area contributed by atoms with Gasteiger partial charge in [0.05, 0.1) is 18.7 Å². The molecule has 3 unspecified atom stereocenters. The van der Waals surface area contributed by atoms with E-state index in [2.05, 4.69) is 0 Å². The lowest BCUT2D eigenvalue weighted by atomic mass is 9.92. The van der Waals surface area contributed by atoms with Crippen molar-refractivity contribution in [3.63, 3.8) is 0 Å². The molecule has 2 saturated heterocycles. The average Bonchev–Trinajstić information content (AvgIpc) is 3.12. The summed E-state index contributed by atoms with van der Waals surface area (Å²) in [6.45, 7) is 16.2. The van der Waals surface area contributed by atoms with E-state index in [0.717, 1.165) is 4.90 Å². The zero-order chi connectivity index (χ0) is 26.1. The minimum Gasteiger partial charge on any atom is -0.460 e. The molecule has 3 atom stereocenters. The van der Waals surface area contributed by atoms with Gasteiger partial charge in [0.1, 0.15) is 23.5 Å². The molecule has 0 bridgehead atoms. The van der Waals surface area contributed by atoms with Crippen molar-refractivity contribution in [2.45, 2.75) is 111 Å². The van der Waals surface area contributed by atoms with Crippen LogP contribution in [0.2, 0.25) is 0 Å². The first-order valence-corrected chi connectivity index (χ1v) is 11.8. The van der Waals surface area contributed by atoms with Crippen molar-refractivity contribution in [3.8, 4) is 0 Å². The van der Waals surface area contributed by atoms with Gasteiger partial charge >= 0.3 is 18.2 Å². The van der Waals surface area contributed by atoms with Crippen LogP contribution in [0.3, 0.4) is 0 Å². The number of imide groups is 1. The first-order chi connectivity index (χ1) is 15.4. The smallest absolute Gasteiger partial charge is 0.416 e. The fraction of sp³-hybridized carbons (Fsp3) is 0.833. The first-order valence-electron chi connectivity index (χ1n) is 11.8. The zero-order valence-electron chi connectivity index (χ0n) is 21.9. The van der Waals surface area contributed by atoms with E-state index < -0.39 is 59.0 Å². The number of carbonyl (C=O) groups excluding carboxylic acids is 4. The number of rotatable bonds is 6. The van der Waals surface area contributed by atoms with E-state index in [-0.39, 0.29) is 32.5 Å². The third-order valence-electron chi connectivity index (χ3n) is 5.51. The van der Waals surface area contributed by atoms with E-state index >= 15 is 0 Å². The lowest BCUT2D eigenvalue weighted by Crippen LogP contribution is -2.51. The first kappa shape index (κ1) is 27.9. The van der Waals surface area contributed by atoms with E-state index in [0.29, 0.717) is 0 Å². The number of esters is 1. The highest BCUT2D eigenvalue weighted by molar-refractivity contribution is 5.95. The van der Waals surface area contributed by atoms with Gasteiger partial charge in [-0.2, -0.15) is 0 Å². The van der Waals surface area contributed by atoms with E-state index in [9.17, 15) is 19.2 Å². The van der Waals surface area contributed by atoms with Gasteiger partial charge in [-0.15, -0.1) is 0 Å². The molecule has 0 radical (unpaired) electrons. The Morgan fingerprint density at radius 2 is 1.65 bits per heavy atom. The van der Waals surface area contributed by atoms with Gasteiger partial charge in [0.2, 0.25) is 5.91 Å². The summed E-state index contributed by atoms with van der Waals surface area (Å²) in [5.74, 6) is -1.60. The third kappa shape index (κ3) is 7.32. The average molecular weight is 485 g/mol. The summed E-state index contributed by atoms with van der Waals surface area (Å²) >= 11 is 0. The lowest BCUT2D eigenvalue weighted by Gasteiger charge is -2.36. The SMILES string of the molecule is CC1COC(=O)N1C(=O)C(CCC(=O)OC(C)(C)C)CC1COC(C)(C)N1C(=O)OC(C)(C)C. The molecule has 34 heavy (non-hydrogen) atoms. The van der Waals surface area contributed by atoms with Crippen LogP contribution in [-0.4, -0.2) is 76.1 Å². The van der Waals surface area contributed by atoms with Crippen LogP contribution >= 0.6 is 0 Å². The zero-order valence-corrected chi connectivity index (χ0v) is 21.9. The molecule has 0 aromatic heterocycles. The summed E-state index contributed by atoms with van der Waals surface area (Å²) in [5, 5.41) is 0. The Labute approximate surface area is 202 Å². The maximum absolute atomic E-state index is 13.4. The molecule has 2 aliphatic rings. The minimum atomic E-state index is -0.939. The fourth-order valence-corrected chi connectivity index (χ4v) is 4.11. The second-order valence-corrected chi connectivity index (χ2v) is 11.5. The second kappa shape index (κ2) is 10.1. The Bertz CT molecular complexity index is 796. The maximum Gasteiger partial charge on any atom is 0.416 e. The molecule has 2 fully saturated rings. The van der Waals surface area contributed by atoms with Crippen molar-refractivity contribution in [2.75, 3.05) is 13.2 Å². The fourth-order valence-electron chi connectivity index (χ4n) is 4.11. The van der Waals surface area contributed by atoms with E-state index in [1.165, 1.54) is 4.90 Å². The Morgan fingerprint density at radius 1 is 1.06 bits per heavy atom. The minimum absolute atomic E-state index is 0.00560. The van der Waals surface area contributed by atoms with Crippen LogP contribution in [0.1, 0.15) is 81.6 Å². The number of hydrogen-bond donors (Lipinski definition) is 0. The van der Waals surface area contributed by atoms with Crippen molar-refractivity contribution in [3.05, 3.63) is 0 Å². The van der Waals surface area contributed by atoms with Gasteiger partial charge < -0.3 is 18.9 Å². The number of hydrogen-bond acceptors (Lipinski definition) is 8.